The largest absolute Gasteiger partial charge is 0.344 e. The van der Waals surface area contributed by atoms with E-state index in [1.54, 1.807) is 0 Å². The zero-order valence-corrected chi connectivity index (χ0v) is 17.5. The lowest BCUT2D eigenvalue weighted by atomic mass is 9.89. The third kappa shape index (κ3) is 4.37. The number of benzene rings is 1. The van der Waals surface area contributed by atoms with Gasteiger partial charge in [0, 0.05) is 12.8 Å². The first kappa shape index (κ1) is 20.1. The summed E-state index contributed by atoms with van der Waals surface area (Å²) in [4.78, 5) is 25.0. The van der Waals surface area contributed by atoms with Crippen LogP contribution in [0.3, 0.4) is 0 Å². The van der Waals surface area contributed by atoms with E-state index in [-0.39, 0.29) is 42.2 Å². The van der Waals surface area contributed by atoms with Crippen LogP contribution in [0.4, 0.5) is 0 Å². The summed E-state index contributed by atoms with van der Waals surface area (Å²) >= 11 is 0. The van der Waals surface area contributed by atoms with Gasteiger partial charge in [0.15, 0.2) is 9.84 Å². The molecule has 2 heterocycles. The fourth-order valence-corrected chi connectivity index (χ4v) is 6.07. The standard InChI is InChI=1S/C21H27N3O4S/c1-14(16-7-6-15-4-2-3-5-17(15)12-16)22-21(26)19-8-9-20(25)24(23-19)18-10-11-29(27,28)13-18/h6-7,12,14,18H,2-5,8-11,13H2,1H3,(H,22,26)/t14-,18-/m1/s1. The molecule has 1 saturated heterocycles. The number of nitrogens with one attached hydrogen (secondary N) is 1. The quantitative estimate of drug-likeness (QED) is 0.809. The number of hydrogen-bond acceptors (Lipinski definition) is 5. The topological polar surface area (TPSA) is 95.9 Å². The van der Waals surface area contributed by atoms with Gasteiger partial charge in [-0.05, 0) is 55.7 Å². The predicted octanol–water partition coefficient (Wildman–Crippen LogP) is 1.91. The molecule has 1 aromatic carbocycles. The average molecular weight is 418 g/mol. The first-order valence-corrected chi connectivity index (χ1v) is 12.2. The summed E-state index contributed by atoms with van der Waals surface area (Å²) < 4.78 is 23.5. The van der Waals surface area contributed by atoms with E-state index in [2.05, 4.69) is 28.6 Å². The van der Waals surface area contributed by atoms with Crippen molar-refractivity contribution >= 4 is 27.4 Å². The molecule has 0 aromatic heterocycles. The van der Waals surface area contributed by atoms with E-state index < -0.39 is 15.9 Å². The summed E-state index contributed by atoms with van der Waals surface area (Å²) in [6, 6.07) is 5.77. The van der Waals surface area contributed by atoms with Crippen LogP contribution < -0.4 is 5.32 Å². The van der Waals surface area contributed by atoms with Crippen LogP contribution in [0.1, 0.15) is 61.8 Å². The number of fused-ring (bicyclic) bond motifs is 1. The van der Waals surface area contributed by atoms with E-state index in [1.165, 1.54) is 29.0 Å². The van der Waals surface area contributed by atoms with Crippen LogP contribution in [0, 0.1) is 0 Å². The molecule has 1 aliphatic carbocycles. The van der Waals surface area contributed by atoms with Crippen LogP contribution in [0.15, 0.2) is 23.3 Å². The van der Waals surface area contributed by atoms with Crippen LogP contribution in [0.2, 0.25) is 0 Å². The van der Waals surface area contributed by atoms with Crippen molar-refractivity contribution in [3.63, 3.8) is 0 Å². The highest BCUT2D eigenvalue weighted by Gasteiger charge is 2.37. The van der Waals surface area contributed by atoms with Crippen LogP contribution in [0.5, 0.6) is 0 Å². The molecule has 29 heavy (non-hydrogen) atoms. The molecule has 0 bridgehead atoms. The van der Waals surface area contributed by atoms with Gasteiger partial charge in [0.05, 0.1) is 23.6 Å². The van der Waals surface area contributed by atoms with Gasteiger partial charge in [-0.2, -0.15) is 5.10 Å². The Morgan fingerprint density at radius 2 is 1.93 bits per heavy atom. The second-order valence-electron chi connectivity index (χ2n) is 8.27. The number of amides is 2. The Bertz CT molecular complexity index is 970. The molecule has 0 spiro atoms. The SMILES string of the molecule is C[C@@H](NC(=O)C1=NN([C@@H]2CCS(=O)(=O)C2)C(=O)CC1)c1ccc2c(c1)CCCC2. The number of aryl methyl sites for hydroxylation is 2. The first-order valence-electron chi connectivity index (χ1n) is 10.3. The zero-order chi connectivity index (χ0) is 20.6. The fourth-order valence-electron chi connectivity index (χ4n) is 4.37. The Hall–Kier alpha value is -2.22. The number of carbonyl (C=O) groups is 2. The van der Waals surface area contributed by atoms with Gasteiger partial charge in [0.25, 0.3) is 5.91 Å². The van der Waals surface area contributed by atoms with Gasteiger partial charge in [-0.1, -0.05) is 18.2 Å². The smallest absolute Gasteiger partial charge is 0.267 e. The monoisotopic (exact) mass is 417 g/mol. The molecule has 4 rings (SSSR count). The van der Waals surface area contributed by atoms with Gasteiger partial charge in [0.2, 0.25) is 5.91 Å². The van der Waals surface area contributed by atoms with Crippen molar-refractivity contribution in [2.75, 3.05) is 11.5 Å². The van der Waals surface area contributed by atoms with Crippen LogP contribution in [-0.2, 0) is 32.3 Å². The summed E-state index contributed by atoms with van der Waals surface area (Å²) in [5, 5.41) is 8.47. The second kappa shape index (κ2) is 7.89. The lowest BCUT2D eigenvalue weighted by Gasteiger charge is -2.28. The fraction of sp³-hybridized carbons (Fsp3) is 0.571. The van der Waals surface area contributed by atoms with Crippen molar-refractivity contribution in [1.29, 1.82) is 0 Å². The van der Waals surface area contributed by atoms with Crippen molar-refractivity contribution in [2.24, 2.45) is 5.10 Å². The Morgan fingerprint density at radius 3 is 2.66 bits per heavy atom. The Morgan fingerprint density at radius 1 is 1.17 bits per heavy atom. The summed E-state index contributed by atoms with van der Waals surface area (Å²) in [6.45, 7) is 1.94. The van der Waals surface area contributed by atoms with E-state index in [0.29, 0.717) is 12.1 Å². The molecule has 0 radical (unpaired) electrons. The molecule has 2 atom stereocenters. The summed E-state index contributed by atoms with van der Waals surface area (Å²) in [5.41, 5.74) is 4.11. The summed E-state index contributed by atoms with van der Waals surface area (Å²) in [5.74, 6) is -0.531. The van der Waals surface area contributed by atoms with E-state index >= 15 is 0 Å². The minimum Gasteiger partial charge on any atom is -0.344 e. The molecular formula is C21H27N3O4S. The molecule has 0 saturated carbocycles. The number of rotatable bonds is 4. The van der Waals surface area contributed by atoms with Gasteiger partial charge in [-0.15, -0.1) is 0 Å². The van der Waals surface area contributed by atoms with Crippen molar-refractivity contribution in [1.82, 2.24) is 10.3 Å². The number of nitrogens with zero attached hydrogens (tertiary/aromatic N) is 2. The number of hydrazone groups is 1. The molecule has 3 aliphatic rings. The zero-order valence-electron chi connectivity index (χ0n) is 16.7. The lowest BCUT2D eigenvalue weighted by Crippen LogP contribution is -2.44. The van der Waals surface area contributed by atoms with Gasteiger partial charge >= 0.3 is 0 Å². The highest BCUT2D eigenvalue weighted by molar-refractivity contribution is 7.91. The van der Waals surface area contributed by atoms with Crippen molar-refractivity contribution < 1.29 is 18.0 Å². The molecule has 1 aromatic rings. The van der Waals surface area contributed by atoms with Crippen molar-refractivity contribution in [3.8, 4) is 0 Å². The summed E-state index contributed by atoms with van der Waals surface area (Å²) in [7, 11) is -3.13. The highest BCUT2D eigenvalue weighted by Crippen LogP contribution is 2.25. The Labute approximate surface area is 171 Å². The van der Waals surface area contributed by atoms with E-state index in [1.807, 2.05) is 6.92 Å². The number of carbonyl (C=O) groups excluding carboxylic acids is 2. The number of hydrogen-bond donors (Lipinski definition) is 1. The van der Waals surface area contributed by atoms with E-state index in [4.69, 9.17) is 0 Å². The molecule has 156 valence electrons. The predicted molar refractivity (Wildman–Crippen MR) is 110 cm³/mol. The van der Waals surface area contributed by atoms with E-state index in [0.717, 1.165) is 18.4 Å². The van der Waals surface area contributed by atoms with E-state index in [9.17, 15) is 18.0 Å². The molecule has 1 N–H and O–H groups in total. The third-order valence-corrected chi connectivity index (χ3v) is 7.85. The molecule has 8 heteroatoms. The van der Waals surface area contributed by atoms with Crippen molar-refractivity contribution in [3.05, 3.63) is 34.9 Å². The van der Waals surface area contributed by atoms with Crippen LogP contribution in [0.25, 0.3) is 0 Å². The highest BCUT2D eigenvalue weighted by atomic mass is 32.2. The Kier molecular flexibility index (Phi) is 5.46. The van der Waals surface area contributed by atoms with Gasteiger partial charge in [-0.25, -0.2) is 13.4 Å². The normalized spacial score (nSPS) is 24.6. The van der Waals surface area contributed by atoms with Crippen LogP contribution in [-0.4, -0.2) is 48.5 Å². The average Bonchev–Trinajstić information content (AvgIpc) is 3.07. The van der Waals surface area contributed by atoms with Crippen molar-refractivity contribution in [2.45, 2.75) is 64.0 Å². The maximum Gasteiger partial charge on any atom is 0.267 e. The first-order chi connectivity index (χ1) is 13.8. The lowest BCUT2D eigenvalue weighted by molar-refractivity contribution is -0.133. The minimum absolute atomic E-state index is 0.0634. The molecule has 2 amide bonds. The molecule has 7 nitrogen and oxygen atoms in total. The molecule has 0 unspecified atom stereocenters. The molecule has 2 aliphatic heterocycles. The molecular weight excluding hydrogens is 390 g/mol. The van der Waals surface area contributed by atoms with Crippen LogP contribution >= 0.6 is 0 Å². The van der Waals surface area contributed by atoms with Gasteiger partial charge in [0.1, 0.15) is 5.71 Å². The van der Waals surface area contributed by atoms with Gasteiger partial charge < -0.3 is 5.32 Å². The maximum atomic E-state index is 12.8. The summed E-state index contributed by atoms with van der Waals surface area (Å²) in [6.07, 6.45) is 5.46. The number of sulfone groups is 1. The van der Waals surface area contributed by atoms with Gasteiger partial charge in [-0.3, -0.25) is 9.59 Å². The Balaban J connectivity index is 1.46. The maximum absolute atomic E-state index is 12.8. The minimum atomic E-state index is -3.13. The molecule has 1 fully saturated rings. The second-order valence-corrected chi connectivity index (χ2v) is 10.5. The third-order valence-electron chi connectivity index (χ3n) is 6.10.